The number of halogens is 1. The fourth-order valence-electron chi connectivity index (χ4n) is 2.20. The first-order chi connectivity index (χ1) is 9.03. The van der Waals surface area contributed by atoms with E-state index in [0.29, 0.717) is 10.2 Å². The quantitative estimate of drug-likeness (QED) is 0.754. The molecule has 1 aliphatic rings. The molecule has 3 N–H and O–H groups in total. The average Bonchev–Trinajstić information content (AvgIpc) is 2.55. The summed E-state index contributed by atoms with van der Waals surface area (Å²) in [4.78, 5) is 0.00280. The van der Waals surface area contributed by atoms with Crippen LogP contribution in [0.3, 0.4) is 0 Å². The molecule has 2 rings (SSSR count). The minimum absolute atomic E-state index is 0.00280. The summed E-state index contributed by atoms with van der Waals surface area (Å²) in [6.07, 6.45) is 0.258. The van der Waals surface area contributed by atoms with Gasteiger partial charge in [0.1, 0.15) is 0 Å². The van der Waals surface area contributed by atoms with E-state index in [-0.39, 0.29) is 22.8 Å². The minimum atomic E-state index is -3.85. The van der Waals surface area contributed by atoms with Gasteiger partial charge in [-0.05, 0) is 47.5 Å². The molecule has 1 heterocycles. The van der Waals surface area contributed by atoms with Gasteiger partial charge in [0.15, 0.2) is 9.84 Å². The summed E-state index contributed by atoms with van der Waals surface area (Å²) in [5.41, 5.74) is 4.93. The molecule has 6 nitrogen and oxygen atoms in total. The normalized spacial score (nSPS) is 25.7. The number of sulfone groups is 1. The van der Waals surface area contributed by atoms with Crippen LogP contribution >= 0.6 is 15.9 Å². The van der Waals surface area contributed by atoms with Crippen molar-refractivity contribution in [2.75, 3.05) is 17.2 Å². The lowest BCUT2D eigenvalue weighted by atomic mass is 10.0. The van der Waals surface area contributed by atoms with Gasteiger partial charge in [-0.3, -0.25) is 0 Å². The average molecular weight is 383 g/mol. The number of nitrogens with one attached hydrogen (secondary N) is 1. The van der Waals surface area contributed by atoms with E-state index in [9.17, 15) is 16.8 Å². The van der Waals surface area contributed by atoms with Crippen LogP contribution in [0.2, 0.25) is 0 Å². The molecule has 1 aliphatic heterocycles. The lowest BCUT2D eigenvalue weighted by Gasteiger charge is -2.24. The Labute approximate surface area is 126 Å². The number of nitrogen functional groups attached to an aromatic ring is 1. The van der Waals surface area contributed by atoms with Gasteiger partial charge in [0, 0.05) is 15.7 Å². The van der Waals surface area contributed by atoms with E-state index in [2.05, 4.69) is 20.7 Å². The monoisotopic (exact) mass is 382 g/mol. The number of sulfonamides is 1. The van der Waals surface area contributed by atoms with Crippen LogP contribution < -0.4 is 10.5 Å². The van der Waals surface area contributed by atoms with Gasteiger partial charge < -0.3 is 5.73 Å². The van der Waals surface area contributed by atoms with Crippen LogP contribution in [0.1, 0.15) is 13.3 Å². The number of anilines is 1. The third-order valence-corrected chi connectivity index (χ3v) is 7.66. The fraction of sp³-hybridized carbons (Fsp3) is 0.455. The summed E-state index contributed by atoms with van der Waals surface area (Å²) < 4.78 is 50.7. The van der Waals surface area contributed by atoms with E-state index in [1.54, 1.807) is 13.0 Å². The van der Waals surface area contributed by atoms with Crippen molar-refractivity contribution in [2.45, 2.75) is 23.8 Å². The second-order valence-electron chi connectivity index (χ2n) is 5.20. The zero-order valence-electron chi connectivity index (χ0n) is 10.8. The predicted molar refractivity (Wildman–Crippen MR) is 80.6 cm³/mol. The van der Waals surface area contributed by atoms with Crippen molar-refractivity contribution < 1.29 is 16.8 Å². The van der Waals surface area contributed by atoms with Crippen molar-refractivity contribution in [3.05, 3.63) is 22.7 Å². The number of nitrogens with two attached hydrogens (primary N) is 1. The molecule has 0 aliphatic carbocycles. The van der Waals surface area contributed by atoms with Crippen LogP contribution in [0, 0.1) is 0 Å². The standard InChI is InChI=1S/C11H15BrN2O4S2/c1-11(4-5-19(15,16)7-11)14-20(17,18)10-6-8(13)2-3-9(10)12/h2-3,6,14H,4-5,7,13H2,1H3. The summed E-state index contributed by atoms with van der Waals surface area (Å²) in [5.74, 6) is -0.205. The van der Waals surface area contributed by atoms with Gasteiger partial charge in [0.2, 0.25) is 10.0 Å². The van der Waals surface area contributed by atoms with Crippen LogP contribution in [-0.2, 0) is 19.9 Å². The second-order valence-corrected chi connectivity index (χ2v) is 9.89. The number of hydrogen-bond donors (Lipinski definition) is 2. The van der Waals surface area contributed by atoms with E-state index < -0.39 is 25.4 Å². The second kappa shape index (κ2) is 4.97. The van der Waals surface area contributed by atoms with Crippen LogP contribution in [0.25, 0.3) is 0 Å². The van der Waals surface area contributed by atoms with E-state index in [0.717, 1.165) is 0 Å². The van der Waals surface area contributed by atoms with E-state index >= 15 is 0 Å². The summed E-state index contributed by atoms with van der Waals surface area (Å²) in [5, 5.41) is 0. The molecule has 0 spiro atoms. The third kappa shape index (κ3) is 3.33. The van der Waals surface area contributed by atoms with Gasteiger partial charge in [-0.25, -0.2) is 21.6 Å². The Kier molecular flexibility index (Phi) is 3.91. The Morgan fingerprint density at radius 1 is 1.40 bits per heavy atom. The largest absolute Gasteiger partial charge is 0.399 e. The molecule has 1 aromatic rings. The van der Waals surface area contributed by atoms with Crippen molar-refractivity contribution >= 4 is 41.5 Å². The molecular weight excluding hydrogens is 368 g/mol. The molecule has 1 saturated heterocycles. The highest BCUT2D eigenvalue weighted by Crippen LogP contribution is 2.29. The maximum Gasteiger partial charge on any atom is 0.242 e. The van der Waals surface area contributed by atoms with Crippen LogP contribution in [0.5, 0.6) is 0 Å². The van der Waals surface area contributed by atoms with Gasteiger partial charge in [-0.2, -0.15) is 0 Å². The Morgan fingerprint density at radius 2 is 2.05 bits per heavy atom. The van der Waals surface area contributed by atoms with Gasteiger partial charge in [0.05, 0.1) is 16.4 Å². The molecule has 9 heteroatoms. The molecule has 1 aromatic carbocycles. The molecule has 1 fully saturated rings. The Bertz CT molecular complexity index is 746. The van der Waals surface area contributed by atoms with E-state index in [1.165, 1.54) is 12.1 Å². The van der Waals surface area contributed by atoms with Crippen molar-refractivity contribution in [3.63, 3.8) is 0 Å². The fourth-order valence-corrected chi connectivity index (χ4v) is 6.82. The van der Waals surface area contributed by atoms with Gasteiger partial charge in [-0.1, -0.05) is 0 Å². The predicted octanol–water partition coefficient (Wildman–Crippen LogP) is 0.887. The Hall–Kier alpha value is -0.640. The van der Waals surface area contributed by atoms with Crippen molar-refractivity contribution in [1.82, 2.24) is 4.72 Å². The minimum Gasteiger partial charge on any atom is -0.399 e. The zero-order chi connectivity index (χ0) is 15.2. The summed E-state index contributed by atoms with van der Waals surface area (Å²) in [6, 6.07) is 4.45. The molecule has 0 aromatic heterocycles. The molecule has 20 heavy (non-hydrogen) atoms. The maximum absolute atomic E-state index is 12.4. The summed E-state index contributed by atoms with van der Waals surface area (Å²) in [7, 11) is -7.04. The number of rotatable bonds is 3. The van der Waals surface area contributed by atoms with Crippen LogP contribution in [0.15, 0.2) is 27.6 Å². The lowest BCUT2D eigenvalue weighted by Crippen LogP contribution is -2.46. The van der Waals surface area contributed by atoms with E-state index in [1.807, 2.05) is 0 Å². The summed E-state index contributed by atoms with van der Waals surface area (Å²) in [6.45, 7) is 1.59. The van der Waals surface area contributed by atoms with Crippen molar-refractivity contribution in [3.8, 4) is 0 Å². The molecule has 0 amide bonds. The lowest BCUT2D eigenvalue weighted by molar-refractivity contribution is 0.461. The molecular formula is C11H15BrN2O4S2. The molecule has 0 radical (unpaired) electrons. The first-order valence-corrected chi connectivity index (χ1v) is 9.92. The zero-order valence-corrected chi connectivity index (χ0v) is 14.0. The number of hydrogen-bond acceptors (Lipinski definition) is 5. The smallest absolute Gasteiger partial charge is 0.242 e. The SMILES string of the molecule is CC1(NS(=O)(=O)c2cc(N)ccc2Br)CCS(=O)(=O)C1. The Balaban J connectivity index is 2.35. The molecule has 112 valence electrons. The van der Waals surface area contributed by atoms with Gasteiger partial charge in [-0.15, -0.1) is 0 Å². The van der Waals surface area contributed by atoms with Crippen LogP contribution in [0.4, 0.5) is 5.69 Å². The van der Waals surface area contributed by atoms with Crippen LogP contribution in [-0.4, -0.2) is 33.9 Å². The summed E-state index contributed by atoms with van der Waals surface area (Å²) >= 11 is 3.16. The van der Waals surface area contributed by atoms with Gasteiger partial charge >= 0.3 is 0 Å². The highest BCUT2D eigenvalue weighted by molar-refractivity contribution is 9.10. The van der Waals surface area contributed by atoms with Crippen molar-refractivity contribution in [1.29, 1.82) is 0 Å². The molecule has 1 atom stereocenters. The maximum atomic E-state index is 12.4. The van der Waals surface area contributed by atoms with Crippen molar-refractivity contribution in [2.24, 2.45) is 0 Å². The Morgan fingerprint density at radius 3 is 2.60 bits per heavy atom. The molecule has 1 unspecified atom stereocenters. The third-order valence-electron chi connectivity index (χ3n) is 3.13. The van der Waals surface area contributed by atoms with Gasteiger partial charge in [0.25, 0.3) is 0 Å². The highest BCUT2D eigenvalue weighted by atomic mass is 79.9. The molecule has 0 saturated carbocycles. The number of benzene rings is 1. The first-order valence-electron chi connectivity index (χ1n) is 5.83. The molecule has 0 bridgehead atoms. The highest BCUT2D eigenvalue weighted by Gasteiger charge is 2.41. The van der Waals surface area contributed by atoms with E-state index in [4.69, 9.17) is 5.73 Å². The topological polar surface area (TPSA) is 106 Å². The first kappa shape index (κ1) is 15.7.